The maximum atomic E-state index is 4.48. The first-order valence-electron chi connectivity index (χ1n) is 6.60. The first kappa shape index (κ1) is 12.1. The lowest BCUT2D eigenvalue weighted by molar-refractivity contribution is 0.639. The molecule has 1 saturated heterocycles. The molecule has 1 aliphatic rings. The van der Waals surface area contributed by atoms with Crippen LogP contribution in [0.1, 0.15) is 38.7 Å². The van der Waals surface area contributed by atoms with Crippen molar-refractivity contribution >= 4 is 11.6 Å². The van der Waals surface area contributed by atoms with Gasteiger partial charge in [-0.05, 0) is 33.1 Å². The molecule has 1 unspecified atom stereocenters. The highest BCUT2D eigenvalue weighted by Gasteiger charge is 2.25. The van der Waals surface area contributed by atoms with Gasteiger partial charge in [-0.15, -0.1) is 0 Å². The molecule has 0 saturated carbocycles. The fourth-order valence-corrected chi connectivity index (χ4v) is 2.62. The Labute approximate surface area is 103 Å². The van der Waals surface area contributed by atoms with E-state index in [1.165, 1.54) is 24.8 Å². The fraction of sp³-hybridized carbons (Fsp3) is 0.692. The van der Waals surface area contributed by atoms with Gasteiger partial charge in [0.25, 0.3) is 0 Å². The average Bonchev–Trinajstić information content (AvgIpc) is 2.80. The number of rotatable bonds is 4. The number of hydrogen-bond donors (Lipinski definition) is 1. The van der Waals surface area contributed by atoms with Crippen LogP contribution < -0.4 is 10.2 Å². The quantitative estimate of drug-likeness (QED) is 0.869. The standard InChI is InChI=1S/C13H22N4/c1-4-11-7-6-8-17(11)13-10(3)12(14-5-2)15-9-16-13/h9,11H,4-8H2,1-3H3,(H,14,15,16). The number of aromatic nitrogens is 2. The Hall–Kier alpha value is -1.32. The first-order chi connectivity index (χ1) is 8.27. The summed E-state index contributed by atoms with van der Waals surface area (Å²) in [5, 5.41) is 3.29. The van der Waals surface area contributed by atoms with Crippen molar-refractivity contribution in [2.45, 2.75) is 46.1 Å². The number of anilines is 2. The Kier molecular flexibility index (Phi) is 3.82. The van der Waals surface area contributed by atoms with Gasteiger partial charge in [0.1, 0.15) is 18.0 Å². The summed E-state index contributed by atoms with van der Waals surface area (Å²) in [7, 11) is 0. The van der Waals surface area contributed by atoms with Crippen molar-refractivity contribution in [1.82, 2.24) is 9.97 Å². The monoisotopic (exact) mass is 234 g/mol. The van der Waals surface area contributed by atoms with Crippen molar-refractivity contribution in [3.05, 3.63) is 11.9 Å². The topological polar surface area (TPSA) is 41.1 Å². The van der Waals surface area contributed by atoms with Crippen LogP contribution in [0.15, 0.2) is 6.33 Å². The molecule has 1 aliphatic heterocycles. The van der Waals surface area contributed by atoms with Crippen LogP contribution >= 0.6 is 0 Å². The molecule has 94 valence electrons. The molecule has 1 N–H and O–H groups in total. The summed E-state index contributed by atoms with van der Waals surface area (Å²) < 4.78 is 0. The normalized spacial score (nSPS) is 19.7. The highest BCUT2D eigenvalue weighted by Crippen LogP contribution is 2.30. The average molecular weight is 234 g/mol. The van der Waals surface area contributed by atoms with Gasteiger partial charge in [0.15, 0.2) is 0 Å². The number of nitrogens with zero attached hydrogens (tertiary/aromatic N) is 3. The van der Waals surface area contributed by atoms with Crippen LogP contribution in [0.25, 0.3) is 0 Å². The van der Waals surface area contributed by atoms with Gasteiger partial charge in [0.05, 0.1) is 0 Å². The van der Waals surface area contributed by atoms with Crippen molar-refractivity contribution in [3.8, 4) is 0 Å². The van der Waals surface area contributed by atoms with E-state index in [4.69, 9.17) is 0 Å². The van der Waals surface area contributed by atoms with Gasteiger partial charge in [-0.2, -0.15) is 0 Å². The molecule has 0 spiro atoms. The minimum absolute atomic E-state index is 0.651. The summed E-state index contributed by atoms with van der Waals surface area (Å²) in [6.45, 7) is 8.48. The fourth-order valence-electron chi connectivity index (χ4n) is 2.62. The maximum Gasteiger partial charge on any atom is 0.137 e. The molecule has 0 aromatic carbocycles. The van der Waals surface area contributed by atoms with Crippen molar-refractivity contribution in [2.75, 3.05) is 23.3 Å². The summed E-state index contributed by atoms with van der Waals surface area (Å²) in [4.78, 5) is 11.2. The maximum absolute atomic E-state index is 4.48. The zero-order chi connectivity index (χ0) is 12.3. The number of hydrogen-bond acceptors (Lipinski definition) is 4. The predicted molar refractivity (Wildman–Crippen MR) is 71.6 cm³/mol. The van der Waals surface area contributed by atoms with E-state index in [2.05, 4.69) is 41.0 Å². The van der Waals surface area contributed by atoms with Crippen molar-refractivity contribution in [1.29, 1.82) is 0 Å². The van der Waals surface area contributed by atoms with E-state index in [1.807, 2.05) is 0 Å². The molecule has 2 heterocycles. The van der Waals surface area contributed by atoms with E-state index in [1.54, 1.807) is 6.33 Å². The molecular formula is C13H22N4. The second-order valence-corrected chi connectivity index (χ2v) is 4.60. The highest BCUT2D eigenvalue weighted by atomic mass is 15.2. The second-order valence-electron chi connectivity index (χ2n) is 4.60. The lowest BCUT2D eigenvalue weighted by atomic mass is 10.1. The van der Waals surface area contributed by atoms with E-state index in [9.17, 15) is 0 Å². The van der Waals surface area contributed by atoms with Crippen LogP contribution in [0, 0.1) is 6.92 Å². The van der Waals surface area contributed by atoms with E-state index in [-0.39, 0.29) is 0 Å². The van der Waals surface area contributed by atoms with E-state index in [0.717, 1.165) is 24.7 Å². The molecule has 0 aliphatic carbocycles. The SMILES string of the molecule is CCNc1ncnc(N2CCCC2CC)c1C. The van der Waals surface area contributed by atoms with E-state index in [0.29, 0.717) is 6.04 Å². The van der Waals surface area contributed by atoms with E-state index < -0.39 is 0 Å². The molecular weight excluding hydrogens is 212 g/mol. The van der Waals surface area contributed by atoms with Gasteiger partial charge in [-0.1, -0.05) is 6.92 Å². The van der Waals surface area contributed by atoms with Crippen LogP contribution in [0.2, 0.25) is 0 Å². The van der Waals surface area contributed by atoms with Crippen LogP contribution in [-0.2, 0) is 0 Å². The van der Waals surface area contributed by atoms with Crippen LogP contribution in [-0.4, -0.2) is 29.1 Å². The molecule has 4 heteroatoms. The highest BCUT2D eigenvalue weighted by molar-refractivity contribution is 5.58. The summed E-state index contributed by atoms with van der Waals surface area (Å²) in [5.74, 6) is 2.08. The molecule has 0 amide bonds. The van der Waals surface area contributed by atoms with Crippen molar-refractivity contribution in [3.63, 3.8) is 0 Å². The summed E-state index contributed by atoms with van der Waals surface area (Å²) in [6.07, 6.45) is 5.43. The minimum Gasteiger partial charge on any atom is -0.370 e. The first-order valence-corrected chi connectivity index (χ1v) is 6.60. The summed E-state index contributed by atoms with van der Waals surface area (Å²) >= 11 is 0. The van der Waals surface area contributed by atoms with Gasteiger partial charge >= 0.3 is 0 Å². The van der Waals surface area contributed by atoms with Crippen LogP contribution in [0.5, 0.6) is 0 Å². The summed E-state index contributed by atoms with van der Waals surface area (Å²) in [6, 6.07) is 0.651. The van der Waals surface area contributed by atoms with E-state index >= 15 is 0 Å². The zero-order valence-electron chi connectivity index (χ0n) is 11.0. The zero-order valence-corrected chi connectivity index (χ0v) is 11.0. The van der Waals surface area contributed by atoms with Crippen molar-refractivity contribution < 1.29 is 0 Å². The lowest BCUT2D eigenvalue weighted by Gasteiger charge is -2.26. The molecule has 1 fully saturated rings. The van der Waals surface area contributed by atoms with Gasteiger partial charge in [-0.25, -0.2) is 9.97 Å². The van der Waals surface area contributed by atoms with Crippen LogP contribution in [0.3, 0.4) is 0 Å². The molecule has 2 rings (SSSR count). The second kappa shape index (κ2) is 5.34. The van der Waals surface area contributed by atoms with Crippen LogP contribution in [0.4, 0.5) is 11.6 Å². The largest absolute Gasteiger partial charge is 0.370 e. The molecule has 17 heavy (non-hydrogen) atoms. The molecule has 0 radical (unpaired) electrons. The molecule has 1 aromatic rings. The van der Waals surface area contributed by atoms with Crippen molar-refractivity contribution in [2.24, 2.45) is 0 Å². The van der Waals surface area contributed by atoms with Gasteiger partial charge in [-0.3, -0.25) is 0 Å². The number of nitrogens with one attached hydrogen (secondary N) is 1. The predicted octanol–water partition coefficient (Wildman–Crippen LogP) is 2.60. The Balaban J connectivity index is 2.28. The smallest absolute Gasteiger partial charge is 0.137 e. The lowest BCUT2D eigenvalue weighted by Crippen LogP contribution is -2.30. The Bertz CT molecular complexity index is 378. The minimum atomic E-state index is 0.651. The third-order valence-electron chi connectivity index (χ3n) is 3.52. The Morgan fingerprint density at radius 1 is 1.41 bits per heavy atom. The Morgan fingerprint density at radius 2 is 2.24 bits per heavy atom. The van der Waals surface area contributed by atoms with Gasteiger partial charge < -0.3 is 10.2 Å². The third-order valence-corrected chi connectivity index (χ3v) is 3.52. The summed E-state index contributed by atoms with van der Waals surface area (Å²) in [5.41, 5.74) is 1.18. The Morgan fingerprint density at radius 3 is 2.94 bits per heavy atom. The molecule has 1 aromatic heterocycles. The molecule has 1 atom stereocenters. The van der Waals surface area contributed by atoms with Gasteiger partial charge in [0, 0.05) is 24.7 Å². The van der Waals surface area contributed by atoms with Gasteiger partial charge in [0.2, 0.25) is 0 Å². The third kappa shape index (κ3) is 2.35. The molecule has 0 bridgehead atoms. The molecule has 4 nitrogen and oxygen atoms in total.